The van der Waals surface area contributed by atoms with Crippen molar-refractivity contribution in [1.82, 2.24) is 5.32 Å². The Balaban J connectivity index is 0. The molecule has 1 rings (SSSR count). The van der Waals surface area contributed by atoms with Crippen LogP contribution in [0.3, 0.4) is 0 Å². The molecule has 3 atom stereocenters. The second-order valence-corrected chi connectivity index (χ2v) is 8.17. The molecule has 0 fully saturated rings. The van der Waals surface area contributed by atoms with Crippen LogP contribution in [0.5, 0.6) is 0 Å². The van der Waals surface area contributed by atoms with Gasteiger partial charge >= 0.3 is 24.8 Å². The summed E-state index contributed by atoms with van der Waals surface area (Å²) in [5.74, 6) is -1.02. The van der Waals surface area contributed by atoms with Crippen LogP contribution in [0, 0.1) is 0 Å². The zero-order valence-electron chi connectivity index (χ0n) is 17.3. The Morgan fingerprint density at radius 1 is 1.30 bits per heavy atom. The van der Waals surface area contributed by atoms with Crippen molar-refractivity contribution in [2.45, 2.75) is 38.9 Å². The van der Waals surface area contributed by atoms with Crippen molar-refractivity contribution in [1.29, 1.82) is 0 Å². The topological polar surface area (TPSA) is 125 Å². The number of aliphatic hydroxyl groups is 1. The fourth-order valence-electron chi connectivity index (χ4n) is 2.39. The molecular formula is C17H29LiNO7P. The van der Waals surface area contributed by atoms with E-state index in [1.165, 1.54) is 6.07 Å². The average Bonchev–Trinajstić information content (AvgIpc) is 2.59. The van der Waals surface area contributed by atoms with E-state index >= 15 is 0 Å². The molecule has 27 heavy (non-hydrogen) atoms. The molecule has 0 amide bonds. The zero-order valence-corrected chi connectivity index (χ0v) is 17.2. The first-order valence-electron chi connectivity index (χ1n) is 8.50. The summed E-state index contributed by atoms with van der Waals surface area (Å²) in [5.41, 5.74) is 0.915. The maximum Gasteiger partial charge on any atom is 1.00 e. The van der Waals surface area contributed by atoms with Crippen LogP contribution in [0.2, 0.25) is 0 Å². The molecule has 0 aliphatic heterocycles. The molecule has 1 aromatic carbocycles. The van der Waals surface area contributed by atoms with Crippen LogP contribution in [0.15, 0.2) is 24.3 Å². The Labute approximate surface area is 173 Å². The molecule has 0 saturated heterocycles. The first-order chi connectivity index (χ1) is 12.2. The molecule has 150 valence electrons. The first-order valence-corrected chi connectivity index (χ1v) is 10.4. The van der Waals surface area contributed by atoms with Crippen LogP contribution in [0.25, 0.3) is 0 Å². The number of hydrogen-bond donors (Lipinski definition) is 4. The predicted octanol–water partition coefficient (Wildman–Crippen LogP) is -0.860. The van der Waals surface area contributed by atoms with Gasteiger partial charge in [0.1, 0.15) is 0 Å². The van der Waals surface area contributed by atoms with Gasteiger partial charge in [0, 0.05) is 25.8 Å². The molecule has 0 radical (unpaired) electrons. The van der Waals surface area contributed by atoms with E-state index in [-0.39, 0.29) is 57.8 Å². The minimum atomic E-state index is -3.86. The van der Waals surface area contributed by atoms with Crippen molar-refractivity contribution < 1.29 is 54.2 Å². The molecule has 0 aliphatic rings. The first kappa shape index (κ1) is 26.3. The number of hydrogen-bond acceptors (Lipinski definition) is 6. The van der Waals surface area contributed by atoms with Gasteiger partial charge in [-0.15, -0.1) is 0 Å². The van der Waals surface area contributed by atoms with Crippen molar-refractivity contribution >= 4 is 13.3 Å². The Hall–Kier alpha value is -0.683. The number of aliphatic hydroxyl groups excluding tert-OH is 1. The predicted molar refractivity (Wildman–Crippen MR) is 98.7 cm³/mol. The Morgan fingerprint density at radius 3 is 2.41 bits per heavy atom. The minimum absolute atomic E-state index is 0. The third-order valence-electron chi connectivity index (χ3n) is 3.71. The van der Waals surface area contributed by atoms with Crippen LogP contribution >= 0.6 is 7.37 Å². The van der Waals surface area contributed by atoms with Crippen molar-refractivity contribution in [3.05, 3.63) is 35.4 Å². The number of carboxylic acids is 1. The van der Waals surface area contributed by atoms with Crippen LogP contribution < -0.4 is 24.2 Å². The fourth-order valence-corrected chi connectivity index (χ4v) is 4.06. The van der Waals surface area contributed by atoms with Crippen LogP contribution in [-0.4, -0.2) is 59.1 Å². The largest absolute Gasteiger partial charge is 1.00 e. The van der Waals surface area contributed by atoms with E-state index < -0.39 is 25.5 Å². The fraction of sp³-hybridized carbons (Fsp3) is 0.588. The van der Waals surface area contributed by atoms with Crippen molar-refractivity contribution in [2.24, 2.45) is 0 Å². The second kappa shape index (κ2) is 12.7. The molecule has 0 heterocycles. The molecule has 1 aromatic rings. The Morgan fingerprint density at radius 2 is 1.89 bits per heavy atom. The smallest absolute Gasteiger partial charge is 1.00 e. The second-order valence-electron chi connectivity index (χ2n) is 5.87. The number of rotatable bonds is 12. The molecule has 0 saturated carbocycles. The molecule has 4 N–H and O–H groups in total. The maximum absolute atomic E-state index is 12.4. The van der Waals surface area contributed by atoms with E-state index in [1.54, 1.807) is 32.0 Å². The SMILES string of the molecule is CCOC(OCC)P(=O)(O)C[C@H](O)CN[C@@H](C)c1cccc(C(=O)O)c1.[H-].[Li+]. The van der Waals surface area contributed by atoms with Gasteiger partial charge in [-0.3, -0.25) is 4.57 Å². The molecule has 0 aromatic heterocycles. The number of nitrogens with one attached hydrogen (secondary N) is 1. The molecule has 10 heteroatoms. The Bertz CT molecular complexity index is 631. The summed E-state index contributed by atoms with van der Waals surface area (Å²) in [6.07, 6.45) is -1.45. The summed E-state index contributed by atoms with van der Waals surface area (Å²) in [7, 11) is -3.86. The molecule has 0 spiro atoms. The van der Waals surface area contributed by atoms with Gasteiger partial charge in [0.2, 0.25) is 6.03 Å². The van der Waals surface area contributed by atoms with Gasteiger partial charge in [-0.1, -0.05) is 12.1 Å². The van der Waals surface area contributed by atoms with E-state index in [0.717, 1.165) is 5.56 Å². The number of aromatic carboxylic acids is 1. The zero-order chi connectivity index (χ0) is 19.7. The molecule has 8 nitrogen and oxygen atoms in total. The summed E-state index contributed by atoms with van der Waals surface area (Å²) >= 11 is 0. The van der Waals surface area contributed by atoms with Gasteiger partial charge < -0.3 is 31.3 Å². The van der Waals surface area contributed by atoms with E-state index in [9.17, 15) is 19.4 Å². The van der Waals surface area contributed by atoms with Crippen LogP contribution in [-0.2, 0) is 14.0 Å². The minimum Gasteiger partial charge on any atom is -1.00 e. The molecule has 1 unspecified atom stereocenters. The normalized spacial score (nSPS) is 15.6. The van der Waals surface area contributed by atoms with Crippen molar-refractivity contribution in [3.63, 3.8) is 0 Å². The summed E-state index contributed by atoms with van der Waals surface area (Å²) < 4.78 is 22.7. The van der Waals surface area contributed by atoms with Crippen molar-refractivity contribution in [3.8, 4) is 0 Å². The van der Waals surface area contributed by atoms with Gasteiger partial charge in [-0.25, -0.2) is 4.79 Å². The van der Waals surface area contributed by atoms with Gasteiger partial charge in [-0.2, -0.15) is 0 Å². The summed E-state index contributed by atoms with van der Waals surface area (Å²) in [5, 5.41) is 22.2. The molecular weight excluding hydrogens is 368 g/mol. The number of carboxylic acid groups (broad SMARTS) is 1. The summed E-state index contributed by atoms with van der Waals surface area (Å²) in [6, 6.07) is 4.96. The monoisotopic (exact) mass is 397 g/mol. The van der Waals surface area contributed by atoms with E-state index in [4.69, 9.17) is 14.6 Å². The number of carbonyl (C=O) groups is 1. The summed E-state index contributed by atoms with van der Waals surface area (Å²) in [4.78, 5) is 21.2. The third-order valence-corrected chi connectivity index (χ3v) is 5.62. The Kier molecular flexibility index (Phi) is 12.4. The van der Waals surface area contributed by atoms with Gasteiger partial charge in [-0.05, 0) is 38.5 Å². The van der Waals surface area contributed by atoms with E-state index in [2.05, 4.69) is 5.32 Å². The number of ether oxygens (including phenoxy) is 2. The van der Waals surface area contributed by atoms with Gasteiger partial charge in [0.05, 0.1) is 17.8 Å². The quantitative estimate of drug-likeness (QED) is 0.204. The summed E-state index contributed by atoms with van der Waals surface area (Å²) in [6.45, 7) is 5.71. The van der Waals surface area contributed by atoms with E-state index in [0.29, 0.717) is 0 Å². The van der Waals surface area contributed by atoms with Crippen LogP contribution in [0.1, 0.15) is 44.2 Å². The average molecular weight is 397 g/mol. The van der Waals surface area contributed by atoms with Gasteiger partial charge in [0.25, 0.3) is 7.37 Å². The maximum atomic E-state index is 12.4. The van der Waals surface area contributed by atoms with E-state index in [1.807, 2.05) is 6.92 Å². The standard InChI is InChI=1S/C17H28NO7P.Li.H/c1-4-24-17(25-5-2)26(22,23)11-15(19)10-18-12(3)13-7-6-8-14(9-13)16(20)21;;/h6-9,12,15,17-19H,4-5,10-11H2,1-3H3,(H,20,21)(H,22,23);;/q;+1;-1/t12-,15+;;/m0../s1. The number of benzene rings is 1. The third kappa shape index (κ3) is 8.90. The van der Waals surface area contributed by atoms with Gasteiger partial charge in [0.15, 0.2) is 0 Å². The van der Waals surface area contributed by atoms with Crippen LogP contribution in [0.4, 0.5) is 0 Å². The van der Waals surface area contributed by atoms with Crippen molar-refractivity contribution in [2.75, 3.05) is 25.9 Å². The molecule has 0 bridgehead atoms. The molecule has 0 aliphatic carbocycles.